The van der Waals surface area contributed by atoms with E-state index < -0.39 is 4.92 Å². The average Bonchev–Trinajstić information content (AvgIpc) is 2.45. The number of hydrogen-bond donors (Lipinski definition) is 2. The third-order valence-corrected chi connectivity index (χ3v) is 2.65. The first-order valence-corrected chi connectivity index (χ1v) is 5.78. The van der Waals surface area contributed by atoms with Gasteiger partial charge in [0, 0.05) is 19.2 Å². The lowest BCUT2D eigenvalue weighted by atomic mass is 10.2. The number of nitrogens with one attached hydrogen (secondary N) is 2. The van der Waals surface area contributed by atoms with Crippen LogP contribution >= 0.6 is 0 Å². The standard InChI is InChI=1S/C12H12FN5O2/c1-14-11-10(18(19)20)12(17-7-16-11)15-6-8-4-2-3-5-9(8)13/h2-5,7H,6H2,1H3,(H2,14,15,16,17). The van der Waals surface area contributed by atoms with Crippen molar-refractivity contribution in [2.45, 2.75) is 6.54 Å². The molecule has 1 aromatic carbocycles. The molecule has 2 N–H and O–H groups in total. The zero-order valence-electron chi connectivity index (χ0n) is 10.6. The van der Waals surface area contributed by atoms with Crippen LogP contribution in [-0.4, -0.2) is 21.9 Å². The van der Waals surface area contributed by atoms with E-state index in [1.165, 1.54) is 19.4 Å². The molecule has 2 aromatic rings. The summed E-state index contributed by atoms with van der Waals surface area (Å²) in [6.07, 6.45) is 1.20. The van der Waals surface area contributed by atoms with E-state index in [1.54, 1.807) is 18.2 Å². The largest absolute Gasteiger partial charge is 0.367 e. The molecule has 7 nitrogen and oxygen atoms in total. The molecule has 0 bridgehead atoms. The molecular weight excluding hydrogens is 265 g/mol. The maximum Gasteiger partial charge on any atom is 0.353 e. The number of benzene rings is 1. The number of aromatic nitrogens is 2. The minimum Gasteiger partial charge on any atom is -0.367 e. The fourth-order valence-electron chi connectivity index (χ4n) is 1.68. The van der Waals surface area contributed by atoms with Crippen molar-refractivity contribution in [3.05, 3.63) is 52.1 Å². The van der Waals surface area contributed by atoms with Crippen LogP contribution in [0, 0.1) is 15.9 Å². The van der Waals surface area contributed by atoms with E-state index in [4.69, 9.17) is 0 Å². The molecule has 0 radical (unpaired) electrons. The Balaban J connectivity index is 2.26. The normalized spacial score (nSPS) is 10.1. The first-order chi connectivity index (χ1) is 9.63. The second-order valence-corrected chi connectivity index (χ2v) is 3.87. The molecule has 0 aliphatic heterocycles. The highest BCUT2D eigenvalue weighted by atomic mass is 19.1. The van der Waals surface area contributed by atoms with Crippen molar-refractivity contribution in [1.29, 1.82) is 0 Å². The second kappa shape index (κ2) is 5.91. The summed E-state index contributed by atoms with van der Waals surface area (Å²) in [7, 11) is 1.52. The van der Waals surface area contributed by atoms with Crippen molar-refractivity contribution in [3.63, 3.8) is 0 Å². The van der Waals surface area contributed by atoms with E-state index in [9.17, 15) is 14.5 Å². The Morgan fingerprint density at radius 1 is 1.30 bits per heavy atom. The summed E-state index contributed by atoms with van der Waals surface area (Å²) in [6, 6.07) is 6.18. The molecule has 0 unspecified atom stereocenters. The Hall–Kier alpha value is -2.77. The molecule has 1 heterocycles. The fraction of sp³-hybridized carbons (Fsp3) is 0.167. The van der Waals surface area contributed by atoms with E-state index in [2.05, 4.69) is 20.6 Å². The SMILES string of the molecule is CNc1ncnc(NCc2ccccc2F)c1[N+](=O)[O-]. The molecule has 0 saturated heterocycles. The van der Waals surface area contributed by atoms with Crippen LogP contribution < -0.4 is 10.6 Å². The highest BCUT2D eigenvalue weighted by Gasteiger charge is 2.21. The van der Waals surface area contributed by atoms with Crippen molar-refractivity contribution in [2.75, 3.05) is 17.7 Å². The first kappa shape index (κ1) is 13.7. The number of anilines is 2. The number of nitro groups is 1. The lowest BCUT2D eigenvalue weighted by Crippen LogP contribution is -2.08. The number of nitrogens with zero attached hydrogens (tertiary/aromatic N) is 3. The van der Waals surface area contributed by atoms with Crippen molar-refractivity contribution in [2.24, 2.45) is 0 Å². The second-order valence-electron chi connectivity index (χ2n) is 3.87. The predicted molar refractivity (Wildman–Crippen MR) is 72.0 cm³/mol. The Morgan fingerprint density at radius 2 is 2.00 bits per heavy atom. The minimum atomic E-state index is -0.588. The van der Waals surface area contributed by atoms with Gasteiger partial charge >= 0.3 is 5.69 Å². The third kappa shape index (κ3) is 2.79. The van der Waals surface area contributed by atoms with Gasteiger partial charge in [-0.15, -0.1) is 0 Å². The number of hydrogen-bond acceptors (Lipinski definition) is 6. The van der Waals surface area contributed by atoms with Crippen LogP contribution in [-0.2, 0) is 6.54 Å². The van der Waals surface area contributed by atoms with E-state index >= 15 is 0 Å². The molecule has 0 saturated carbocycles. The summed E-state index contributed by atoms with van der Waals surface area (Å²) in [5.41, 5.74) is 0.123. The summed E-state index contributed by atoms with van der Waals surface area (Å²) < 4.78 is 13.5. The van der Waals surface area contributed by atoms with Crippen LogP contribution in [0.5, 0.6) is 0 Å². The summed E-state index contributed by atoms with van der Waals surface area (Å²) in [4.78, 5) is 18.1. The summed E-state index contributed by atoms with van der Waals surface area (Å²) in [5.74, 6) is -0.246. The molecule has 0 spiro atoms. The monoisotopic (exact) mass is 277 g/mol. The van der Waals surface area contributed by atoms with Crippen LogP contribution in [0.1, 0.15) is 5.56 Å². The van der Waals surface area contributed by atoms with Crippen molar-refractivity contribution in [3.8, 4) is 0 Å². The Labute approximate surface area is 114 Å². The topological polar surface area (TPSA) is 93.0 Å². The Morgan fingerprint density at radius 3 is 2.65 bits per heavy atom. The number of rotatable bonds is 5. The molecule has 0 amide bonds. The Bertz CT molecular complexity index is 635. The van der Waals surface area contributed by atoms with Gasteiger partial charge in [-0.3, -0.25) is 10.1 Å². The Kier molecular flexibility index (Phi) is 4.04. The number of halogens is 1. The molecule has 0 atom stereocenters. The van der Waals surface area contributed by atoms with Gasteiger partial charge in [0.1, 0.15) is 12.1 Å². The van der Waals surface area contributed by atoms with Gasteiger partial charge in [-0.2, -0.15) is 0 Å². The maximum absolute atomic E-state index is 13.5. The first-order valence-electron chi connectivity index (χ1n) is 5.78. The smallest absolute Gasteiger partial charge is 0.353 e. The highest BCUT2D eigenvalue weighted by Crippen LogP contribution is 2.28. The van der Waals surface area contributed by atoms with Crippen LogP contribution in [0.4, 0.5) is 21.7 Å². The molecule has 104 valence electrons. The fourth-order valence-corrected chi connectivity index (χ4v) is 1.68. The van der Waals surface area contributed by atoms with Gasteiger partial charge in [0.05, 0.1) is 4.92 Å². The lowest BCUT2D eigenvalue weighted by molar-refractivity contribution is -0.383. The van der Waals surface area contributed by atoms with E-state index in [0.717, 1.165) is 0 Å². The van der Waals surface area contributed by atoms with Gasteiger partial charge in [-0.05, 0) is 6.07 Å². The van der Waals surface area contributed by atoms with Crippen LogP contribution in [0.15, 0.2) is 30.6 Å². The molecule has 0 fully saturated rings. The van der Waals surface area contributed by atoms with Crippen LogP contribution in [0.3, 0.4) is 0 Å². The van der Waals surface area contributed by atoms with Gasteiger partial charge in [-0.25, -0.2) is 14.4 Å². The van der Waals surface area contributed by atoms with Crippen molar-refractivity contribution >= 4 is 17.3 Å². The van der Waals surface area contributed by atoms with Gasteiger partial charge in [0.15, 0.2) is 0 Å². The molecule has 1 aromatic heterocycles. The lowest BCUT2D eigenvalue weighted by Gasteiger charge is -2.08. The average molecular weight is 277 g/mol. The molecule has 0 aliphatic carbocycles. The van der Waals surface area contributed by atoms with E-state index in [1.807, 2.05) is 0 Å². The predicted octanol–water partition coefficient (Wildman–Crippen LogP) is 2.18. The zero-order chi connectivity index (χ0) is 14.5. The third-order valence-electron chi connectivity index (χ3n) is 2.65. The summed E-state index contributed by atoms with van der Waals surface area (Å²) >= 11 is 0. The van der Waals surface area contributed by atoms with Crippen LogP contribution in [0.25, 0.3) is 0 Å². The molecule has 8 heteroatoms. The molecule has 2 rings (SSSR count). The van der Waals surface area contributed by atoms with Gasteiger partial charge in [0.25, 0.3) is 0 Å². The van der Waals surface area contributed by atoms with Gasteiger partial charge < -0.3 is 10.6 Å². The van der Waals surface area contributed by atoms with E-state index in [-0.39, 0.29) is 29.7 Å². The van der Waals surface area contributed by atoms with E-state index in [0.29, 0.717) is 5.56 Å². The summed E-state index contributed by atoms with van der Waals surface area (Å²) in [5, 5.41) is 16.4. The molecule has 20 heavy (non-hydrogen) atoms. The van der Waals surface area contributed by atoms with Crippen molar-refractivity contribution < 1.29 is 9.31 Å². The van der Waals surface area contributed by atoms with Gasteiger partial charge in [0.2, 0.25) is 11.6 Å². The van der Waals surface area contributed by atoms with Gasteiger partial charge in [-0.1, -0.05) is 18.2 Å². The van der Waals surface area contributed by atoms with Crippen molar-refractivity contribution in [1.82, 2.24) is 9.97 Å². The van der Waals surface area contributed by atoms with Crippen LogP contribution in [0.2, 0.25) is 0 Å². The minimum absolute atomic E-state index is 0.0394. The zero-order valence-corrected chi connectivity index (χ0v) is 10.6. The molecular formula is C12H12FN5O2. The highest BCUT2D eigenvalue weighted by molar-refractivity contribution is 5.69. The maximum atomic E-state index is 13.5. The quantitative estimate of drug-likeness (QED) is 0.642. The summed E-state index contributed by atoms with van der Waals surface area (Å²) in [6.45, 7) is 0.0910. The molecule has 0 aliphatic rings.